The second kappa shape index (κ2) is 9.51. The third kappa shape index (κ3) is 4.33. The Morgan fingerprint density at radius 1 is 1.19 bits per heavy atom. The molecule has 0 unspecified atom stereocenters. The number of hydrogen-bond donors (Lipinski definition) is 0. The quantitative estimate of drug-likeness (QED) is 0.376. The van der Waals surface area contributed by atoms with Crippen LogP contribution < -0.4 is 0 Å². The standard InChI is InChI=1S/C23H23N5O3/c1-3-16-5-6-18-20(11-16)25-9-7-22(18)28-23(15-29-2)19(13-26-28)21-12-17(31-27-21)14-30-10-4-8-24/h5-7,9,11-13H,3-4,10,14-15H2,1-2H3. The molecular formula is C23H23N5O3. The zero-order valence-electron chi connectivity index (χ0n) is 17.5. The molecular weight excluding hydrogens is 394 g/mol. The lowest BCUT2D eigenvalue weighted by atomic mass is 10.1. The van der Waals surface area contributed by atoms with Crippen LogP contribution in [0.15, 0.2) is 47.2 Å². The Labute approximate surface area is 180 Å². The SMILES string of the molecule is CCc1ccc2c(-n3ncc(-c4cc(COCCC#N)on4)c3COC)ccnc2c1. The van der Waals surface area contributed by atoms with Gasteiger partial charge in [0.05, 0.1) is 48.8 Å². The molecule has 0 N–H and O–H groups in total. The Balaban J connectivity index is 1.70. The molecule has 31 heavy (non-hydrogen) atoms. The van der Waals surface area contributed by atoms with E-state index in [1.54, 1.807) is 19.5 Å². The summed E-state index contributed by atoms with van der Waals surface area (Å²) in [6.07, 6.45) is 4.85. The van der Waals surface area contributed by atoms with Crippen LogP contribution in [-0.2, 0) is 29.1 Å². The highest BCUT2D eigenvalue weighted by Crippen LogP contribution is 2.29. The fourth-order valence-corrected chi connectivity index (χ4v) is 3.45. The van der Waals surface area contributed by atoms with Gasteiger partial charge >= 0.3 is 0 Å². The predicted molar refractivity (Wildman–Crippen MR) is 114 cm³/mol. The number of methoxy groups -OCH3 is 1. The molecule has 0 fully saturated rings. The molecule has 0 bridgehead atoms. The van der Waals surface area contributed by atoms with Crippen molar-refractivity contribution in [2.45, 2.75) is 33.0 Å². The Kier molecular flexibility index (Phi) is 6.36. The van der Waals surface area contributed by atoms with Crippen LogP contribution >= 0.6 is 0 Å². The number of pyridine rings is 1. The third-order valence-corrected chi connectivity index (χ3v) is 5.01. The van der Waals surface area contributed by atoms with Crippen molar-refractivity contribution >= 4 is 10.9 Å². The number of hydrogen-bond acceptors (Lipinski definition) is 7. The maximum atomic E-state index is 8.59. The second-order valence-electron chi connectivity index (χ2n) is 7.02. The molecule has 0 saturated heterocycles. The van der Waals surface area contributed by atoms with Crippen LogP contribution in [0.2, 0.25) is 0 Å². The van der Waals surface area contributed by atoms with Gasteiger partial charge in [-0.15, -0.1) is 0 Å². The number of benzene rings is 1. The van der Waals surface area contributed by atoms with E-state index < -0.39 is 0 Å². The first-order chi connectivity index (χ1) is 15.2. The first-order valence-electron chi connectivity index (χ1n) is 10.1. The minimum absolute atomic E-state index is 0.261. The van der Waals surface area contributed by atoms with Crippen molar-refractivity contribution in [1.82, 2.24) is 19.9 Å². The van der Waals surface area contributed by atoms with Gasteiger partial charge in [0.15, 0.2) is 5.76 Å². The van der Waals surface area contributed by atoms with Crippen molar-refractivity contribution in [1.29, 1.82) is 5.26 Å². The summed E-state index contributed by atoms with van der Waals surface area (Å²) in [5.74, 6) is 0.588. The second-order valence-corrected chi connectivity index (χ2v) is 7.02. The molecule has 0 spiro atoms. The van der Waals surface area contributed by atoms with Gasteiger partial charge < -0.3 is 14.0 Å². The first kappa shape index (κ1) is 20.7. The largest absolute Gasteiger partial charge is 0.378 e. The minimum Gasteiger partial charge on any atom is -0.378 e. The highest BCUT2D eigenvalue weighted by molar-refractivity contribution is 5.87. The molecule has 4 rings (SSSR count). The van der Waals surface area contributed by atoms with Gasteiger partial charge in [0, 0.05) is 30.3 Å². The Morgan fingerprint density at radius 3 is 2.90 bits per heavy atom. The van der Waals surface area contributed by atoms with Crippen molar-refractivity contribution < 1.29 is 14.0 Å². The summed E-state index contributed by atoms with van der Waals surface area (Å²) in [7, 11) is 1.65. The molecule has 1 aromatic carbocycles. The summed E-state index contributed by atoms with van der Waals surface area (Å²) in [6, 6.07) is 12.1. The van der Waals surface area contributed by atoms with E-state index in [9.17, 15) is 0 Å². The Morgan fingerprint density at radius 2 is 2.10 bits per heavy atom. The molecule has 4 aromatic rings. The molecule has 8 nitrogen and oxygen atoms in total. The van der Waals surface area contributed by atoms with Crippen molar-refractivity contribution in [2.75, 3.05) is 13.7 Å². The van der Waals surface area contributed by atoms with Gasteiger partial charge in [-0.3, -0.25) is 4.98 Å². The molecule has 8 heteroatoms. The third-order valence-electron chi connectivity index (χ3n) is 5.01. The molecule has 0 saturated carbocycles. The van der Waals surface area contributed by atoms with Crippen LogP contribution in [0.3, 0.4) is 0 Å². The molecule has 0 atom stereocenters. The summed E-state index contributed by atoms with van der Waals surface area (Å²) in [5.41, 5.74) is 5.43. The average Bonchev–Trinajstić information content (AvgIpc) is 3.43. The molecule has 0 aliphatic rings. The van der Waals surface area contributed by atoms with Crippen molar-refractivity contribution in [2.24, 2.45) is 0 Å². The topological polar surface area (TPSA) is 99.0 Å². The number of ether oxygens (including phenoxy) is 2. The molecule has 3 aromatic heterocycles. The fraction of sp³-hybridized carbons (Fsp3) is 0.304. The van der Waals surface area contributed by atoms with E-state index in [1.165, 1.54) is 5.56 Å². The lowest BCUT2D eigenvalue weighted by Gasteiger charge is -2.11. The van der Waals surface area contributed by atoms with E-state index in [2.05, 4.69) is 40.4 Å². The van der Waals surface area contributed by atoms with E-state index in [4.69, 9.17) is 19.3 Å². The van der Waals surface area contributed by atoms with Gasteiger partial charge in [0.25, 0.3) is 0 Å². The van der Waals surface area contributed by atoms with Crippen molar-refractivity contribution in [3.05, 3.63) is 59.7 Å². The number of rotatable bonds is 9. The predicted octanol–water partition coefficient (Wildman–Crippen LogP) is 4.21. The van der Waals surface area contributed by atoms with Gasteiger partial charge in [-0.1, -0.05) is 24.2 Å². The normalized spacial score (nSPS) is 11.1. The van der Waals surface area contributed by atoms with Crippen LogP contribution in [0.4, 0.5) is 0 Å². The zero-order valence-corrected chi connectivity index (χ0v) is 17.5. The van der Waals surface area contributed by atoms with Crippen LogP contribution in [0.1, 0.15) is 30.4 Å². The monoisotopic (exact) mass is 417 g/mol. The van der Waals surface area contributed by atoms with Crippen molar-refractivity contribution in [3.8, 4) is 23.0 Å². The number of nitrogens with zero attached hydrogens (tertiary/aromatic N) is 5. The van der Waals surface area contributed by atoms with E-state index in [1.807, 2.05) is 22.9 Å². The van der Waals surface area contributed by atoms with Gasteiger partial charge in [0.1, 0.15) is 12.3 Å². The van der Waals surface area contributed by atoms with E-state index >= 15 is 0 Å². The average molecular weight is 417 g/mol. The zero-order chi connectivity index (χ0) is 21.6. The van der Waals surface area contributed by atoms with E-state index in [-0.39, 0.29) is 6.61 Å². The summed E-state index contributed by atoms with van der Waals surface area (Å²) in [6.45, 7) is 3.10. The van der Waals surface area contributed by atoms with E-state index in [0.717, 1.165) is 34.3 Å². The summed E-state index contributed by atoms with van der Waals surface area (Å²) < 4.78 is 18.2. The lowest BCUT2D eigenvalue weighted by molar-refractivity contribution is 0.106. The molecule has 0 aliphatic carbocycles. The molecule has 0 amide bonds. The number of fused-ring (bicyclic) bond motifs is 1. The van der Waals surface area contributed by atoms with Gasteiger partial charge in [0.2, 0.25) is 0 Å². The van der Waals surface area contributed by atoms with Crippen LogP contribution in [0.25, 0.3) is 27.8 Å². The molecule has 3 heterocycles. The van der Waals surface area contributed by atoms with Crippen molar-refractivity contribution in [3.63, 3.8) is 0 Å². The Hall–Kier alpha value is -3.54. The highest BCUT2D eigenvalue weighted by atomic mass is 16.5. The lowest BCUT2D eigenvalue weighted by Crippen LogP contribution is -2.05. The smallest absolute Gasteiger partial charge is 0.163 e. The molecule has 0 aliphatic heterocycles. The molecule has 158 valence electrons. The van der Waals surface area contributed by atoms with Crippen LogP contribution in [-0.4, -0.2) is 33.6 Å². The summed E-state index contributed by atoms with van der Waals surface area (Å²) >= 11 is 0. The van der Waals surface area contributed by atoms with Crippen LogP contribution in [0.5, 0.6) is 0 Å². The first-order valence-corrected chi connectivity index (χ1v) is 10.1. The molecule has 0 radical (unpaired) electrons. The van der Waals surface area contributed by atoms with Gasteiger partial charge in [-0.25, -0.2) is 4.68 Å². The fourth-order valence-electron chi connectivity index (χ4n) is 3.45. The van der Waals surface area contributed by atoms with E-state index in [0.29, 0.717) is 31.1 Å². The number of nitriles is 1. The summed E-state index contributed by atoms with van der Waals surface area (Å²) in [5, 5.41) is 18.4. The number of aryl methyl sites for hydroxylation is 1. The van der Waals surface area contributed by atoms with Crippen LogP contribution in [0, 0.1) is 11.3 Å². The van der Waals surface area contributed by atoms with Gasteiger partial charge in [-0.05, 0) is 24.1 Å². The summed E-state index contributed by atoms with van der Waals surface area (Å²) in [4.78, 5) is 4.53. The number of aromatic nitrogens is 4. The maximum absolute atomic E-state index is 8.59. The van der Waals surface area contributed by atoms with Gasteiger partial charge in [-0.2, -0.15) is 10.4 Å². The maximum Gasteiger partial charge on any atom is 0.163 e. The Bertz CT molecular complexity index is 1220. The minimum atomic E-state index is 0.261. The highest BCUT2D eigenvalue weighted by Gasteiger charge is 2.19.